The van der Waals surface area contributed by atoms with Crippen molar-refractivity contribution in [2.45, 2.75) is 28.6 Å². The molecule has 0 spiro atoms. The summed E-state index contributed by atoms with van der Waals surface area (Å²) in [4.78, 5) is 12.1. The number of halogens is 3. The van der Waals surface area contributed by atoms with E-state index in [4.69, 9.17) is 16.7 Å². The summed E-state index contributed by atoms with van der Waals surface area (Å²) in [6.07, 6.45) is -0.291. The van der Waals surface area contributed by atoms with Crippen LogP contribution in [0.4, 0.5) is 14.5 Å². The third-order valence-electron chi connectivity index (χ3n) is 4.63. The van der Waals surface area contributed by atoms with Gasteiger partial charge in [-0.15, -0.1) is 0 Å². The van der Waals surface area contributed by atoms with Crippen molar-refractivity contribution in [1.29, 1.82) is 0 Å². The van der Waals surface area contributed by atoms with Crippen LogP contribution in [0.2, 0.25) is 5.02 Å². The summed E-state index contributed by atoms with van der Waals surface area (Å²) in [5, 5.41) is 20.2. The molecule has 3 rings (SSSR count). The zero-order chi connectivity index (χ0) is 20.7. The van der Waals surface area contributed by atoms with Crippen molar-refractivity contribution in [3.63, 3.8) is 0 Å². The lowest BCUT2D eigenvalue weighted by molar-refractivity contribution is -0.0711. The van der Waals surface area contributed by atoms with E-state index in [-0.39, 0.29) is 34.0 Å². The predicted octanol–water partition coefficient (Wildman–Crippen LogP) is 2.53. The fourth-order valence-electron chi connectivity index (χ4n) is 2.96. The van der Waals surface area contributed by atoms with Gasteiger partial charge in [-0.1, -0.05) is 11.6 Å². The molecular weight excluding hydrogens is 416 g/mol. The second kappa shape index (κ2) is 7.40. The van der Waals surface area contributed by atoms with Crippen molar-refractivity contribution in [1.82, 2.24) is 0 Å². The Balaban J connectivity index is 1.85. The molecule has 150 valence electrons. The van der Waals surface area contributed by atoms with Gasteiger partial charge in [0.15, 0.2) is 21.5 Å². The lowest BCUT2D eigenvalue weighted by Gasteiger charge is -2.41. The molecule has 2 aromatic carbocycles. The van der Waals surface area contributed by atoms with E-state index in [2.05, 4.69) is 5.32 Å². The maximum absolute atomic E-state index is 13.3. The highest BCUT2D eigenvalue weighted by Crippen LogP contribution is 2.41. The van der Waals surface area contributed by atoms with Crippen LogP contribution in [0.3, 0.4) is 0 Å². The molecule has 0 aliphatic heterocycles. The summed E-state index contributed by atoms with van der Waals surface area (Å²) in [7, 11) is -3.95. The fourth-order valence-corrected chi connectivity index (χ4v) is 5.45. The molecule has 1 aliphatic carbocycles. The van der Waals surface area contributed by atoms with Crippen LogP contribution in [0.5, 0.6) is 0 Å². The normalized spacial score (nSPS) is 21.8. The molecular formula is C18H16ClF2NO5S. The number of aliphatic hydroxyl groups excluding tert-OH is 1. The van der Waals surface area contributed by atoms with E-state index in [0.717, 1.165) is 24.3 Å². The number of nitrogens with one attached hydrogen (secondary N) is 1. The van der Waals surface area contributed by atoms with Crippen molar-refractivity contribution in [3.8, 4) is 0 Å². The van der Waals surface area contributed by atoms with Crippen LogP contribution >= 0.6 is 11.6 Å². The van der Waals surface area contributed by atoms with E-state index in [1.807, 2.05) is 0 Å². The van der Waals surface area contributed by atoms with Gasteiger partial charge < -0.3 is 15.5 Å². The molecule has 0 unspecified atom stereocenters. The monoisotopic (exact) mass is 431 g/mol. The van der Waals surface area contributed by atoms with E-state index in [1.54, 1.807) is 0 Å². The van der Waals surface area contributed by atoms with Gasteiger partial charge in [-0.3, -0.25) is 4.79 Å². The first kappa shape index (κ1) is 20.7. The molecule has 0 bridgehead atoms. The average Bonchev–Trinajstić information content (AvgIpc) is 2.62. The van der Waals surface area contributed by atoms with Crippen LogP contribution in [0.25, 0.3) is 0 Å². The topological polar surface area (TPSA) is 104 Å². The number of hydrogen-bond acceptors (Lipinski definition) is 5. The van der Waals surface area contributed by atoms with Gasteiger partial charge >= 0.3 is 0 Å². The first-order chi connectivity index (χ1) is 13.1. The van der Waals surface area contributed by atoms with Gasteiger partial charge in [0.25, 0.3) is 5.91 Å². The Kier molecular flexibility index (Phi) is 5.46. The Labute approximate surface area is 164 Å². The number of rotatable bonds is 5. The standard InChI is InChI=1S/C18H16ClF2NO5S/c19-13-3-1-10(17(24)22-11-2-4-14(20)15(21)6-11)5-16(13)28(26,27)12-7-18(25,8-12)9-23/h1-6,12,23,25H,7-9H2,(H,22,24). The smallest absolute Gasteiger partial charge is 0.255 e. The molecule has 0 atom stereocenters. The van der Waals surface area contributed by atoms with Crippen LogP contribution < -0.4 is 5.32 Å². The van der Waals surface area contributed by atoms with Crippen molar-refractivity contribution < 1.29 is 32.2 Å². The van der Waals surface area contributed by atoms with Crippen LogP contribution in [0, 0.1) is 11.6 Å². The highest BCUT2D eigenvalue weighted by atomic mass is 35.5. The molecule has 28 heavy (non-hydrogen) atoms. The largest absolute Gasteiger partial charge is 0.393 e. The van der Waals surface area contributed by atoms with Crippen LogP contribution in [0.15, 0.2) is 41.3 Å². The van der Waals surface area contributed by atoms with E-state index >= 15 is 0 Å². The molecule has 6 nitrogen and oxygen atoms in total. The molecule has 0 aromatic heterocycles. The molecule has 3 N–H and O–H groups in total. The molecule has 0 heterocycles. The second-order valence-electron chi connectivity index (χ2n) is 6.69. The number of carbonyl (C=O) groups is 1. The van der Waals surface area contributed by atoms with E-state index in [1.165, 1.54) is 12.1 Å². The Morgan fingerprint density at radius 1 is 1.18 bits per heavy atom. The third kappa shape index (κ3) is 3.88. The Morgan fingerprint density at radius 2 is 1.86 bits per heavy atom. The lowest BCUT2D eigenvalue weighted by Crippen LogP contribution is -2.53. The van der Waals surface area contributed by atoms with Gasteiger partial charge in [0.1, 0.15) is 0 Å². The highest BCUT2D eigenvalue weighted by molar-refractivity contribution is 7.92. The van der Waals surface area contributed by atoms with Crippen molar-refractivity contribution in [2.24, 2.45) is 0 Å². The van der Waals surface area contributed by atoms with E-state index < -0.39 is 44.8 Å². The first-order valence-electron chi connectivity index (χ1n) is 8.19. The Hall–Kier alpha value is -2.07. The Bertz CT molecular complexity index is 1040. The molecule has 1 fully saturated rings. The molecule has 1 aliphatic rings. The third-order valence-corrected chi connectivity index (χ3v) is 7.23. The fraction of sp³-hybridized carbons (Fsp3) is 0.278. The molecule has 1 saturated carbocycles. The summed E-state index contributed by atoms with van der Waals surface area (Å²) < 4.78 is 51.8. The summed E-state index contributed by atoms with van der Waals surface area (Å²) in [6.45, 7) is -0.552. The number of sulfone groups is 1. The summed E-state index contributed by atoms with van der Waals surface area (Å²) in [5.74, 6) is -2.95. The van der Waals surface area contributed by atoms with Gasteiger partial charge in [-0.05, 0) is 43.2 Å². The predicted molar refractivity (Wildman–Crippen MR) is 98.0 cm³/mol. The van der Waals surface area contributed by atoms with E-state index in [9.17, 15) is 27.1 Å². The van der Waals surface area contributed by atoms with Crippen molar-refractivity contribution >= 4 is 33.0 Å². The minimum absolute atomic E-state index is 0.00439. The minimum Gasteiger partial charge on any atom is -0.393 e. The first-order valence-corrected chi connectivity index (χ1v) is 10.1. The maximum Gasteiger partial charge on any atom is 0.255 e. The molecule has 2 aromatic rings. The van der Waals surface area contributed by atoms with Gasteiger partial charge in [0, 0.05) is 17.3 Å². The minimum atomic E-state index is -3.95. The lowest BCUT2D eigenvalue weighted by atomic mass is 9.80. The summed E-state index contributed by atoms with van der Waals surface area (Å²) in [6, 6.07) is 6.43. The summed E-state index contributed by atoms with van der Waals surface area (Å²) >= 11 is 6.00. The molecule has 1 amide bonds. The highest BCUT2D eigenvalue weighted by Gasteiger charge is 2.49. The number of hydrogen-bond donors (Lipinski definition) is 3. The van der Waals surface area contributed by atoms with Gasteiger partial charge in [-0.2, -0.15) is 0 Å². The zero-order valence-electron chi connectivity index (χ0n) is 14.3. The number of amides is 1. The average molecular weight is 432 g/mol. The van der Waals surface area contributed by atoms with Crippen molar-refractivity contribution in [3.05, 3.63) is 58.6 Å². The maximum atomic E-state index is 13.3. The Morgan fingerprint density at radius 3 is 2.46 bits per heavy atom. The van der Waals surface area contributed by atoms with Crippen molar-refractivity contribution in [2.75, 3.05) is 11.9 Å². The quantitative estimate of drug-likeness (QED) is 0.675. The SMILES string of the molecule is O=C(Nc1ccc(F)c(F)c1)c1ccc(Cl)c(S(=O)(=O)C2CC(O)(CO)C2)c1. The number of benzene rings is 2. The molecule has 10 heteroatoms. The van der Waals surface area contributed by atoms with Crippen LogP contribution in [-0.4, -0.2) is 42.0 Å². The van der Waals surface area contributed by atoms with Crippen LogP contribution in [-0.2, 0) is 9.84 Å². The summed E-state index contributed by atoms with van der Waals surface area (Å²) in [5.41, 5.74) is -1.49. The number of anilines is 1. The molecule has 0 saturated heterocycles. The van der Waals surface area contributed by atoms with Gasteiger partial charge in [0.05, 0.1) is 27.4 Å². The zero-order valence-corrected chi connectivity index (χ0v) is 15.9. The number of aliphatic hydroxyl groups is 2. The van der Waals surface area contributed by atoms with Gasteiger partial charge in [0.2, 0.25) is 0 Å². The second-order valence-corrected chi connectivity index (χ2v) is 9.29. The van der Waals surface area contributed by atoms with Gasteiger partial charge in [-0.25, -0.2) is 17.2 Å². The van der Waals surface area contributed by atoms with Crippen LogP contribution in [0.1, 0.15) is 23.2 Å². The molecule has 0 radical (unpaired) electrons. The number of carbonyl (C=O) groups excluding carboxylic acids is 1. The van der Waals surface area contributed by atoms with E-state index in [0.29, 0.717) is 0 Å².